The van der Waals surface area contributed by atoms with Gasteiger partial charge in [-0.3, -0.25) is 10.1 Å². The van der Waals surface area contributed by atoms with Crippen molar-refractivity contribution in [3.63, 3.8) is 0 Å². The van der Waals surface area contributed by atoms with Crippen molar-refractivity contribution in [1.29, 1.82) is 0 Å². The number of nitrogens with one attached hydrogen (secondary N) is 2. The molecule has 0 saturated carbocycles. The summed E-state index contributed by atoms with van der Waals surface area (Å²) in [7, 11) is 0. The fourth-order valence-electron chi connectivity index (χ4n) is 1.73. The lowest BCUT2D eigenvalue weighted by Crippen LogP contribution is -1.66. The number of thiazole rings is 1. The van der Waals surface area contributed by atoms with E-state index in [1.165, 1.54) is 80.0 Å². The Kier molecular flexibility index (Phi) is 225. The molecule has 0 amide bonds. The molecule has 780 valence electrons. The Hall–Kier alpha value is -6.43. The number of rotatable bonds is 0. The Morgan fingerprint density at radius 2 is 0.546 bits per heavy atom. The molecule has 0 atom stereocenters. The van der Waals surface area contributed by atoms with Crippen molar-refractivity contribution in [2.75, 3.05) is 0 Å². The third-order valence-electron chi connectivity index (χ3n) is 3.41. The van der Waals surface area contributed by atoms with Gasteiger partial charge in [0.25, 0.3) is 0 Å². The molecule has 0 aromatic carbocycles. The number of hydrogen-bond acceptors (Lipinski definition) is 21. The molecule has 0 saturated heterocycles. The van der Waals surface area contributed by atoms with E-state index in [1.807, 2.05) is 40.4 Å². The zero-order valence-corrected chi connectivity index (χ0v) is 100. The van der Waals surface area contributed by atoms with E-state index in [0.29, 0.717) is 0 Å². The highest BCUT2D eigenvalue weighted by Crippen LogP contribution is 1.93. The van der Waals surface area contributed by atoms with Crippen LogP contribution in [0.15, 0.2) is 181 Å². The van der Waals surface area contributed by atoms with Crippen molar-refractivity contribution in [3.8, 4) is 0 Å². The molecule has 19 nitrogen and oxygen atoms in total. The highest BCUT2D eigenvalue weighted by Gasteiger charge is 1.77. The minimum absolute atomic E-state index is 0.833. The van der Waals surface area contributed by atoms with E-state index in [-0.39, 0.29) is 0 Å². The molecule has 10 aromatic rings. The first-order valence-electron chi connectivity index (χ1n) is 47.7. The molecule has 0 unspecified atom stereocenters. The van der Waals surface area contributed by atoms with Gasteiger partial charge in [-0.15, -0.1) is 43.1 Å². The number of H-pyrrole nitrogens is 2. The fourth-order valence-corrected chi connectivity index (χ4v) is 3.08. The number of imidazole rings is 1. The lowest BCUT2D eigenvalue weighted by Gasteiger charge is -1.79. The van der Waals surface area contributed by atoms with Gasteiger partial charge in [0.1, 0.15) is 41.8 Å². The molecular formula is C107H229N15O4S4. The van der Waals surface area contributed by atoms with Gasteiger partial charge in [0.15, 0.2) is 12.7 Å². The molecule has 0 radical (unpaired) electrons. The zero-order chi connectivity index (χ0) is 107. The largest absolute Gasteiger partial charge is 0.473 e. The summed E-state index contributed by atoms with van der Waals surface area (Å²) in [5.41, 5.74) is 6.83. The van der Waals surface area contributed by atoms with Gasteiger partial charge in [-0.2, -0.15) is 20.8 Å². The summed E-state index contributed by atoms with van der Waals surface area (Å²) in [6.45, 7) is 130. The molecule has 0 bridgehead atoms. The molecular weight excluding hydrogens is 1690 g/mol. The molecule has 0 spiro atoms. The summed E-state index contributed by atoms with van der Waals surface area (Å²) in [4.78, 5) is 24.3. The third-order valence-corrected chi connectivity index (χ3v) is 5.43. The van der Waals surface area contributed by atoms with Crippen LogP contribution in [-0.4, -0.2) is 75.0 Å². The number of thiophene rings is 1. The fraction of sp³-hybridized carbons (Fsp3) is 0.748. The average Bonchev–Trinajstić information content (AvgIpc) is 2.08. The van der Waals surface area contributed by atoms with Gasteiger partial charge in [0.05, 0.1) is 30.6 Å². The number of aromatic amines is 2. The zero-order valence-electron chi connectivity index (χ0n) is 97.2. The van der Waals surface area contributed by atoms with Gasteiger partial charge in [-0.1, -0.05) is 433 Å². The topological polar surface area (TPSA) is 252 Å². The van der Waals surface area contributed by atoms with Crippen LogP contribution in [0.2, 0.25) is 0 Å². The average molecular weight is 1920 g/mol. The molecule has 0 aliphatic rings. The summed E-state index contributed by atoms with van der Waals surface area (Å²) in [6.07, 6.45) is 24.2. The second-order valence-electron chi connectivity index (χ2n) is 41.3. The van der Waals surface area contributed by atoms with Gasteiger partial charge < -0.3 is 22.8 Å². The van der Waals surface area contributed by atoms with Gasteiger partial charge >= 0.3 is 0 Å². The summed E-state index contributed by atoms with van der Waals surface area (Å²) >= 11 is 6.16. The maximum absolute atomic E-state index is 4.58. The summed E-state index contributed by atoms with van der Waals surface area (Å²) in [6, 6.07) is 7.70. The number of aromatic nitrogens is 15. The quantitative estimate of drug-likeness (QED) is 0.143. The van der Waals surface area contributed by atoms with Gasteiger partial charge in [0.2, 0.25) is 19.2 Å². The van der Waals surface area contributed by atoms with E-state index in [4.69, 9.17) is 0 Å². The number of nitrogens with zero attached hydrogens (tertiary/aromatic N) is 13. The van der Waals surface area contributed by atoms with Crippen molar-refractivity contribution in [2.45, 2.75) is 415 Å². The SMILES string of the molecule is CC(C)C.CC(C)C.CC(C)C.CC(C)C.CC(C)C.CC(C)C.CC(C)C.CC(C)C.CC(C)C.CC(C)C.CC(C)C.CC(C)C.CC(C)C.CC(C)C.CC(C)C.CC(C)C.CC(C)C.CC(C)C.CC(C)C.CC(C)C.c1c[nH]cn1.c1ccoc1.c1ccsc1.c1cocn1.c1cscn1.c1nc[nH]n1.c1ncon1.c1ncsn1.c1nnco1.c1nncs1. The monoisotopic (exact) mass is 1920 g/mol. The Morgan fingerprint density at radius 1 is 0.223 bits per heavy atom. The van der Waals surface area contributed by atoms with Gasteiger partial charge in [-0.05, 0) is 153 Å². The molecule has 0 aliphatic carbocycles. The van der Waals surface area contributed by atoms with Crippen molar-refractivity contribution >= 4 is 45.5 Å². The maximum atomic E-state index is 4.58. The van der Waals surface area contributed by atoms with Crippen LogP contribution in [0.3, 0.4) is 0 Å². The molecule has 23 heteroatoms. The van der Waals surface area contributed by atoms with Gasteiger partial charge in [-0.25, -0.2) is 24.9 Å². The van der Waals surface area contributed by atoms with E-state index in [0.717, 1.165) is 118 Å². The predicted octanol–water partition coefficient (Wildman–Crippen LogP) is 39.5. The minimum Gasteiger partial charge on any atom is -0.473 e. The normalized spacial score (nSPS) is 8.62. The Labute approximate surface area is 829 Å². The summed E-state index contributed by atoms with van der Waals surface area (Å²) < 4.78 is 21.3. The summed E-state index contributed by atoms with van der Waals surface area (Å²) in [5.74, 6) is 16.7. The first-order chi connectivity index (χ1) is 59.6. The molecule has 10 heterocycles. The van der Waals surface area contributed by atoms with E-state index < -0.39 is 0 Å². The first-order valence-corrected chi connectivity index (χ1v) is 51.4. The van der Waals surface area contributed by atoms with Crippen LogP contribution < -0.4 is 0 Å². The van der Waals surface area contributed by atoms with E-state index in [1.54, 1.807) is 88.4 Å². The summed E-state index contributed by atoms with van der Waals surface area (Å²) in [5, 5.41) is 28.8. The number of hydrogen-bond donors (Lipinski definition) is 2. The molecule has 130 heavy (non-hydrogen) atoms. The van der Waals surface area contributed by atoms with Crippen LogP contribution in [0.25, 0.3) is 0 Å². The molecule has 0 aliphatic heterocycles. The van der Waals surface area contributed by atoms with Crippen LogP contribution in [0.5, 0.6) is 0 Å². The maximum Gasteiger partial charge on any atom is 0.213 e. The minimum atomic E-state index is 0.833. The first kappa shape index (κ1) is 173. The Bertz CT molecular complexity index is 1820. The second-order valence-corrected chi connectivity index (χ2v) is 44.2. The number of furan rings is 1. The highest BCUT2D eigenvalue weighted by molar-refractivity contribution is 7.08. The standard InChI is InChI=1S/C4H4O.C4H4S.20C4H10.C3H4N2.C3H3NO.C3H3NS.C2H3N3.2C2H2N2O.2C2H2N2S/c2*1-2-4-5-3-1;20*1-4(2)3;3*1-2-5-3-4-1;1-3-2-5-4-1;1-3-4-2-5-1;1-3-2-5-4-1;1-3-4-2-5-1;1-3-2-5-4-1/h2*1-4H;20*4H,1-3H3;1-3H,(H,4,5);2*1-3H;1-2H,(H,3,4,5);4*1-2H. The molecule has 10 rings (SSSR count). The van der Waals surface area contributed by atoms with Crippen LogP contribution in [0.1, 0.15) is 415 Å². The lowest BCUT2D eigenvalue weighted by atomic mass is 10.3. The van der Waals surface area contributed by atoms with Gasteiger partial charge in [0, 0.05) is 24.0 Å². The smallest absolute Gasteiger partial charge is 0.213 e. The van der Waals surface area contributed by atoms with E-state index in [2.05, 4.69) is 508 Å². The van der Waals surface area contributed by atoms with E-state index in [9.17, 15) is 0 Å². The van der Waals surface area contributed by atoms with Crippen LogP contribution in [-0.2, 0) is 0 Å². The van der Waals surface area contributed by atoms with Crippen molar-refractivity contribution in [3.05, 3.63) is 163 Å². The Balaban J connectivity index is -0.0000000535. The van der Waals surface area contributed by atoms with E-state index >= 15 is 0 Å². The Morgan fingerprint density at radius 3 is 0.623 bits per heavy atom. The third kappa shape index (κ3) is 931. The predicted molar refractivity (Wildman–Crippen MR) is 595 cm³/mol. The second kappa shape index (κ2) is 169. The number of oxazole rings is 1. The lowest BCUT2D eigenvalue weighted by molar-refractivity contribution is 0.416. The molecule has 0 fully saturated rings. The van der Waals surface area contributed by atoms with Crippen LogP contribution in [0, 0.1) is 118 Å². The molecule has 10 aromatic heterocycles. The van der Waals surface area contributed by atoms with Crippen LogP contribution in [0.4, 0.5) is 0 Å². The van der Waals surface area contributed by atoms with Crippen molar-refractivity contribution in [2.24, 2.45) is 118 Å². The molecule has 2 N–H and O–H groups in total. The highest BCUT2D eigenvalue weighted by atomic mass is 32.1. The van der Waals surface area contributed by atoms with Crippen molar-refractivity contribution < 1.29 is 17.8 Å². The van der Waals surface area contributed by atoms with Crippen molar-refractivity contribution in [1.82, 2.24) is 75.0 Å². The van der Waals surface area contributed by atoms with Crippen LogP contribution >= 0.6 is 45.5 Å².